The molecule has 0 radical (unpaired) electrons. The molecule has 10 heteroatoms. The highest BCUT2D eigenvalue weighted by molar-refractivity contribution is 6.31. The summed E-state index contributed by atoms with van der Waals surface area (Å²) in [4.78, 5) is 24.2. The maximum absolute atomic E-state index is 14.4. The van der Waals surface area contributed by atoms with Crippen LogP contribution in [0.2, 0.25) is 5.02 Å². The summed E-state index contributed by atoms with van der Waals surface area (Å²) in [6, 6.07) is 2.71. The Labute approximate surface area is 169 Å². The summed E-state index contributed by atoms with van der Waals surface area (Å²) in [5.74, 6) is -1.26. The largest absolute Gasteiger partial charge is 0.466 e. The molecule has 29 heavy (non-hydrogen) atoms. The molecule has 2 N–H and O–H groups in total. The third-order valence-corrected chi connectivity index (χ3v) is 5.56. The predicted octanol–water partition coefficient (Wildman–Crippen LogP) is 3.41. The van der Waals surface area contributed by atoms with Gasteiger partial charge in [0.2, 0.25) is 5.91 Å². The van der Waals surface area contributed by atoms with Crippen molar-refractivity contribution in [3.05, 3.63) is 40.4 Å². The van der Waals surface area contributed by atoms with Gasteiger partial charge in [0, 0.05) is 30.5 Å². The van der Waals surface area contributed by atoms with Gasteiger partial charge in [0.1, 0.15) is 12.4 Å². The van der Waals surface area contributed by atoms with Crippen LogP contribution in [-0.2, 0) is 20.5 Å². The van der Waals surface area contributed by atoms with Crippen LogP contribution in [0.4, 0.5) is 17.6 Å². The Morgan fingerprint density at radius 1 is 1.34 bits per heavy atom. The van der Waals surface area contributed by atoms with Crippen LogP contribution < -0.4 is 5.73 Å². The average molecular weight is 435 g/mol. The van der Waals surface area contributed by atoms with Gasteiger partial charge in [-0.1, -0.05) is 17.7 Å². The number of halogens is 5. The number of rotatable bonds is 6. The van der Waals surface area contributed by atoms with Gasteiger partial charge in [-0.15, -0.1) is 0 Å². The standard InChI is InChI=1S/C19H19ClF4N2O3/c20-15-4-12(1-2-14(15)19(22,23)24)16(21)3-11-7-26(8-11)17(28)13-5-18(25,6-13)9-29-10-27/h1-4,10-11,13H,5-9,25H2/b16-3-/t13-,18+. The van der Waals surface area contributed by atoms with Gasteiger partial charge < -0.3 is 15.4 Å². The summed E-state index contributed by atoms with van der Waals surface area (Å²) in [6.07, 6.45) is -2.49. The molecule has 1 aliphatic carbocycles. The van der Waals surface area contributed by atoms with Crippen molar-refractivity contribution < 1.29 is 31.9 Å². The zero-order chi connectivity index (χ0) is 21.4. The van der Waals surface area contributed by atoms with Crippen LogP contribution in [0.1, 0.15) is 24.0 Å². The van der Waals surface area contributed by atoms with Gasteiger partial charge in [0.15, 0.2) is 0 Å². The Balaban J connectivity index is 1.52. The number of alkyl halides is 3. The molecule has 1 saturated carbocycles. The van der Waals surface area contributed by atoms with Gasteiger partial charge in [0.25, 0.3) is 6.47 Å². The molecule has 0 spiro atoms. The van der Waals surface area contributed by atoms with Crippen LogP contribution in [0, 0.1) is 11.8 Å². The number of benzene rings is 1. The molecule has 5 nitrogen and oxygen atoms in total. The number of hydrogen-bond donors (Lipinski definition) is 1. The van der Waals surface area contributed by atoms with E-state index in [4.69, 9.17) is 17.3 Å². The lowest BCUT2D eigenvalue weighted by molar-refractivity contribution is -0.148. The first-order valence-corrected chi connectivity index (χ1v) is 9.27. The molecular formula is C19H19ClF4N2O3. The lowest BCUT2D eigenvalue weighted by Gasteiger charge is -2.47. The first kappa shape index (κ1) is 21.6. The minimum Gasteiger partial charge on any atom is -0.466 e. The molecule has 1 aromatic carbocycles. The van der Waals surface area contributed by atoms with E-state index in [1.807, 2.05) is 0 Å². The fourth-order valence-electron chi connectivity index (χ4n) is 3.67. The Kier molecular flexibility index (Phi) is 5.91. The molecular weight excluding hydrogens is 416 g/mol. The summed E-state index contributed by atoms with van der Waals surface area (Å²) in [5.41, 5.74) is 4.24. The van der Waals surface area contributed by atoms with E-state index in [9.17, 15) is 27.2 Å². The highest BCUT2D eigenvalue weighted by Gasteiger charge is 2.48. The number of nitrogens with zero attached hydrogens (tertiary/aromatic N) is 1. The smallest absolute Gasteiger partial charge is 0.417 e. The fourth-order valence-corrected chi connectivity index (χ4v) is 3.95. The topological polar surface area (TPSA) is 72.6 Å². The van der Waals surface area contributed by atoms with Crippen molar-refractivity contribution >= 4 is 29.8 Å². The van der Waals surface area contributed by atoms with Crippen LogP contribution in [0.25, 0.3) is 5.83 Å². The Morgan fingerprint density at radius 2 is 2.00 bits per heavy atom. The Bertz CT molecular complexity index is 831. The van der Waals surface area contributed by atoms with Gasteiger partial charge in [0.05, 0.1) is 16.1 Å². The lowest BCUT2D eigenvalue weighted by Crippen LogP contribution is -2.61. The van der Waals surface area contributed by atoms with Crippen molar-refractivity contribution in [1.29, 1.82) is 0 Å². The highest BCUT2D eigenvalue weighted by Crippen LogP contribution is 2.39. The molecule has 0 atom stereocenters. The van der Waals surface area contributed by atoms with Crippen molar-refractivity contribution in [3.8, 4) is 0 Å². The number of nitrogens with two attached hydrogens (primary N) is 1. The van der Waals surface area contributed by atoms with E-state index in [0.717, 1.165) is 18.2 Å². The summed E-state index contributed by atoms with van der Waals surface area (Å²) in [6.45, 7) is 1.01. The van der Waals surface area contributed by atoms with E-state index >= 15 is 0 Å². The summed E-state index contributed by atoms with van der Waals surface area (Å²) in [5, 5.41) is -0.572. The van der Waals surface area contributed by atoms with E-state index in [1.54, 1.807) is 4.90 Å². The van der Waals surface area contributed by atoms with E-state index in [-0.39, 0.29) is 29.9 Å². The van der Waals surface area contributed by atoms with Crippen molar-refractivity contribution in [3.63, 3.8) is 0 Å². The zero-order valence-electron chi connectivity index (χ0n) is 15.2. The average Bonchev–Trinajstić information content (AvgIpc) is 2.58. The first-order valence-electron chi connectivity index (χ1n) is 8.90. The SMILES string of the molecule is N[C@]1(COC=O)C[C@H](C(=O)N2CC(/C=C(\F)c3ccc(C(F)(F)F)c(Cl)c3)C2)C1. The number of hydrogen-bond acceptors (Lipinski definition) is 4. The van der Waals surface area contributed by atoms with Crippen molar-refractivity contribution in [2.24, 2.45) is 17.6 Å². The predicted molar refractivity (Wildman–Crippen MR) is 97.3 cm³/mol. The monoisotopic (exact) mass is 434 g/mol. The maximum atomic E-state index is 14.4. The van der Waals surface area contributed by atoms with Crippen LogP contribution in [0.3, 0.4) is 0 Å². The minimum absolute atomic E-state index is 0.0464. The van der Waals surface area contributed by atoms with Crippen LogP contribution in [0.15, 0.2) is 24.3 Å². The molecule has 1 heterocycles. The summed E-state index contributed by atoms with van der Waals surface area (Å²) >= 11 is 5.61. The van der Waals surface area contributed by atoms with E-state index in [0.29, 0.717) is 32.4 Å². The molecule has 158 valence electrons. The second-order valence-corrected chi connectivity index (χ2v) is 7.99. The summed E-state index contributed by atoms with van der Waals surface area (Å²) in [7, 11) is 0. The van der Waals surface area contributed by atoms with E-state index in [2.05, 4.69) is 4.74 Å². The third kappa shape index (κ3) is 4.72. The first-order chi connectivity index (χ1) is 13.5. The van der Waals surface area contributed by atoms with E-state index in [1.165, 1.54) is 6.08 Å². The maximum Gasteiger partial charge on any atom is 0.417 e. The highest BCUT2D eigenvalue weighted by atomic mass is 35.5. The molecule has 3 rings (SSSR count). The second kappa shape index (κ2) is 7.95. The van der Waals surface area contributed by atoms with Crippen LogP contribution >= 0.6 is 11.6 Å². The van der Waals surface area contributed by atoms with E-state index < -0.39 is 28.1 Å². The Morgan fingerprint density at radius 3 is 2.55 bits per heavy atom. The molecule has 2 aliphatic rings. The lowest BCUT2D eigenvalue weighted by atomic mass is 9.68. The summed E-state index contributed by atoms with van der Waals surface area (Å²) < 4.78 is 57.2. The number of carbonyl (C=O) groups excluding carboxylic acids is 2. The van der Waals surface area contributed by atoms with Crippen molar-refractivity contribution in [2.45, 2.75) is 24.6 Å². The minimum atomic E-state index is -4.60. The van der Waals surface area contributed by atoms with Crippen LogP contribution in [0.5, 0.6) is 0 Å². The number of ether oxygens (including phenoxy) is 1. The number of likely N-dealkylation sites (tertiary alicyclic amines) is 1. The van der Waals surface area contributed by atoms with Gasteiger partial charge in [-0.3, -0.25) is 9.59 Å². The quantitative estimate of drug-likeness (QED) is 0.550. The number of carbonyl (C=O) groups is 2. The molecule has 0 unspecified atom stereocenters. The fraction of sp³-hybridized carbons (Fsp3) is 0.474. The molecule has 1 aliphatic heterocycles. The number of amides is 1. The third-order valence-electron chi connectivity index (χ3n) is 5.25. The Hall–Kier alpha value is -2.13. The van der Waals surface area contributed by atoms with Crippen molar-refractivity contribution in [2.75, 3.05) is 19.7 Å². The van der Waals surface area contributed by atoms with Gasteiger partial charge in [-0.25, -0.2) is 4.39 Å². The molecule has 2 fully saturated rings. The molecule has 0 bridgehead atoms. The molecule has 1 amide bonds. The van der Waals surface area contributed by atoms with Gasteiger partial charge >= 0.3 is 6.18 Å². The van der Waals surface area contributed by atoms with Gasteiger partial charge in [-0.2, -0.15) is 13.2 Å². The van der Waals surface area contributed by atoms with Crippen LogP contribution in [-0.4, -0.2) is 42.5 Å². The second-order valence-electron chi connectivity index (χ2n) is 7.59. The molecule has 1 aromatic rings. The van der Waals surface area contributed by atoms with Crippen molar-refractivity contribution in [1.82, 2.24) is 4.90 Å². The zero-order valence-corrected chi connectivity index (χ0v) is 16.0. The normalized spacial score (nSPS) is 25.2. The van der Waals surface area contributed by atoms with Gasteiger partial charge in [-0.05, 0) is 31.1 Å². The molecule has 1 saturated heterocycles. The molecule has 0 aromatic heterocycles.